The van der Waals surface area contributed by atoms with E-state index in [0.717, 1.165) is 11.1 Å². The van der Waals surface area contributed by atoms with Crippen LogP contribution in [0.25, 0.3) is 0 Å². The summed E-state index contributed by atoms with van der Waals surface area (Å²) >= 11 is 0. The van der Waals surface area contributed by atoms with Gasteiger partial charge in [-0.15, -0.1) is 0 Å². The lowest BCUT2D eigenvalue weighted by Gasteiger charge is -2.43. The van der Waals surface area contributed by atoms with Crippen LogP contribution in [-0.4, -0.2) is 24.7 Å². The van der Waals surface area contributed by atoms with Gasteiger partial charge in [-0.25, -0.2) is 0 Å². The average molecular weight is 347 g/mol. The maximum absolute atomic E-state index is 13.2. The van der Waals surface area contributed by atoms with Crippen molar-refractivity contribution < 1.29 is 19.1 Å². The minimum absolute atomic E-state index is 0.0766. The quantitative estimate of drug-likeness (QED) is 0.784. The van der Waals surface area contributed by atoms with Gasteiger partial charge < -0.3 is 4.74 Å². The van der Waals surface area contributed by atoms with E-state index in [4.69, 9.17) is 4.74 Å². The summed E-state index contributed by atoms with van der Waals surface area (Å²) in [4.78, 5) is 40.3. The molecule has 5 nitrogen and oxygen atoms in total. The van der Waals surface area contributed by atoms with Crippen molar-refractivity contribution in [3.8, 4) is 5.75 Å². The van der Waals surface area contributed by atoms with Crippen LogP contribution in [0.2, 0.25) is 0 Å². The topological polar surface area (TPSA) is 63.7 Å². The Kier molecular flexibility index (Phi) is 3.11. The third-order valence-corrected chi connectivity index (χ3v) is 6.02. The maximum atomic E-state index is 13.2. The normalized spacial score (nSPS) is 29.0. The number of anilines is 1. The molecule has 6 rings (SSSR count). The first-order valence-corrected chi connectivity index (χ1v) is 8.75. The van der Waals surface area contributed by atoms with Crippen LogP contribution < -0.4 is 9.64 Å². The number of hydrogen-bond donors (Lipinski definition) is 0. The Bertz CT molecular complexity index is 949. The van der Waals surface area contributed by atoms with E-state index in [0.29, 0.717) is 17.9 Å². The van der Waals surface area contributed by atoms with E-state index in [9.17, 15) is 14.4 Å². The first kappa shape index (κ1) is 15.3. The first-order valence-electron chi connectivity index (χ1n) is 8.75. The number of Topliss-reactive ketones (excluding diaryl/α,β-unsaturated/α-hetero) is 1. The smallest absolute Gasteiger partial charge is 0.238 e. The molecule has 2 fully saturated rings. The summed E-state index contributed by atoms with van der Waals surface area (Å²) in [7, 11) is 1.57. The molecule has 1 heterocycles. The van der Waals surface area contributed by atoms with E-state index in [1.807, 2.05) is 24.3 Å². The number of carbonyl (C=O) groups excluding carboxylic acids is 3. The van der Waals surface area contributed by atoms with E-state index < -0.39 is 17.8 Å². The van der Waals surface area contributed by atoms with Crippen LogP contribution in [0.4, 0.5) is 5.69 Å². The molecule has 5 heteroatoms. The van der Waals surface area contributed by atoms with Crippen molar-refractivity contribution in [3.05, 3.63) is 59.7 Å². The van der Waals surface area contributed by atoms with E-state index in [1.54, 1.807) is 31.4 Å². The third kappa shape index (κ3) is 1.83. The summed E-state index contributed by atoms with van der Waals surface area (Å²) in [6.45, 7) is 0. The number of ether oxygens (including phenoxy) is 1. The molecule has 0 aromatic heterocycles. The van der Waals surface area contributed by atoms with Gasteiger partial charge in [-0.3, -0.25) is 19.3 Å². The van der Waals surface area contributed by atoms with Gasteiger partial charge in [0.15, 0.2) is 0 Å². The zero-order valence-corrected chi connectivity index (χ0v) is 14.2. The maximum Gasteiger partial charge on any atom is 0.238 e. The van der Waals surface area contributed by atoms with Gasteiger partial charge in [0, 0.05) is 12.3 Å². The third-order valence-electron chi connectivity index (χ3n) is 6.02. The van der Waals surface area contributed by atoms with Crippen LogP contribution >= 0.6 is 0 Å². The standard InChI is InChI=1S/C21H17NO4/c1-26-12-8-6-11(7-9-12)22-20(24)18-15-10-16(23)17(19(18)21(22)25)14-5-3-2-4-13(14)15/h2-9,15,17-19H,10H2,1H3/t15-,17-,18-,19-/m0/s1. The van der Waals surface area contributed by atoms with Crippen molar-refractivity contribution >= 4 is 23.3 Å². The molecule has 2 aromatic rings. The van der Waals surface area contributed by atoms with Crippen LogP contribution in [0.15, 0.2) is 48.5 Å². The van der Waals surface area contributed by atoms with Crippen molar-refractivity contribution in [2.24, 2.45) is 11.8 Å². The Morgan fingerprint density at radius 2 is 1.54 bits per heavy atom. The van der Waals surface area contributed by atoms with Gasteiger partial charge >= 0.3 is 0 Å². The van der Waals surface area contributed by atoms with Gasteiger partial charge in [0.05, 0.1) is 30.6 Å². The number of amides is 2. The van der Waals surface area contributed by atoms with E-state index >= 15 is 0 Å². The molecule has 1 aliphatic heterocycles. The molecule has 2 amide bonds. The highest BCUT2D eigenvalue weighted by Gasteiger charge is 2.62. The second-order valence-corrected chi connectivity index (χ2v) is 7.14. The highest BCUT2D eigenvalue weighted by molar-refractivity contribution is 6.24. The molecule has 0 spiro atoms. The molecule has 3 aliphatic carbocycles. The van der Waals surface area contributed by atoms with Crippen molar-refractivity contribution in [1.82, 2.24) is 0 Å². The summed E-state index contributed by atoms with van der Waals surface area (Å²) in [5, 5.41) is 0. The van der Waals surface area contributed by atoms with Gasteiger partial charge in [-0.1, -0.05) is 24.3 Å². The number of hydrogen-bond acceptors (Lipinski definition) is 4. The molecule has 130 valence electrons. The minimum atomic E-state index is -0.578. The fraction of sp³-hybridized carbons (Fsp3) is 0.286. The number of methoxy groups -OCH3 is 1. The van der Waals surface area contributed by atoms with Crippen molar-refractivity contribution in [2.75, 3.05) is 12.0 Å². The molecule has 4 atom stereocenters. The Morgan fingerprint density at radius 1 is 0.885 bits per heavy atom. The van der Waals surface area contributed by atoms with Crippen molar-refractivity contribution in [1.29, 1.82) is 0 Å². The van der Waals surface area contributed by atoms with Gasteiger partial charge in [0.1, 0.15) is 11.5 Å². The van der Waals surface area contributed by atoms with Gasteiger partial charge in [-0.05, 0) is 35.4 Å². The molecule has 0 N–H and O–H groups in total. The van der Waals surface area contributed by atoms with Crippen molar-refractivity contribution in [2.45, 2.75) is 18.3 Å². The summed E-state index contributed by atoms with van der Waals surface area (Å²) in [5.41, 5.74) is 2.51. The van der Waals surface area contributed by atoms with Crippen LogP contribution in [0.1, 0.15) is 29.4 Å². The molecule has 26 heavy (non-hydrogen) atoms. The highest BCUT2D eigenvalue weighted by Crippen LogP contribution is 2.57. The largest absolute Gasteiger partial charge is 0.497 e. The molecule has 1 saturated carbocycles. The minimum Gasteiger partial charge on any atom is -0.497 e. The summed E-state index contributed by atoms with van der Waals surface area (Å²) < 4.78 is 5.15. The molecular weight excluding hydrogens is 330 g/mol. The van der Waals surface area contributed by atoms with Crippen LogP contribution in [0.5, 0.6) is 5.75 Å². The number of imide groups is 1. The lowest BCUT2D eigenvalue weighted by Crippen LogP contribution is -2.44. The molecule has 1 saturated heterocycles. The number of carbonyl (C=O) groups is 3. The second kappa shape index (κ2) is 5.27. The summed E-state index contributed by atoms with van der Waals surface area (Å²) in [6.07, 6.45) is 0.346. The fourth-order valence-electron chi connectivity index (χ4n) is 4.95. The predicted molar refractivity (Wildman–Crippen MR) is 94.0 cm³/mol. The van der Waals surface area contributed by atoms with Crippen molar-refractivity contribution in [3.63, 3.8) is 0 Å². The Balaban J connectivity index is 1.61. The van der Waals surface area contributed by atoms with Crippen LogP contribution in [-0.2, 0) is 14.4 Å². The molecule has 0 unspecified atom stereocenters. The number of benzene rings is 2. The SMILES string of the molecule is COc1ccc(N2C(=O)[C@@H]3[C@@H](C2=O)[C@H]2CC(=O)[C@@H]3c3ccccc32)cc1. The number of nitrogens with zero attached hydrogens (tertiary/aromatic N) is 1. The predicted octanol–water partition coefficient (Wildman–Crippen LogP) is 2.65. The average Bonchev–Trinajstić information content (AvgIpc) is 2.94. The zero-order valence-electron chi connectivity index (χ0n) is 14.2. The van der Waals surface area contributed by atoms with E-state index in [1.165, 1.54) is 4.90 Å². The van der Waals surface area contributed by atoms with Crippen LogP contribution in [0.3, 0.4) is 0 Å². The summed E-state index contributed by atoms with van der Waals surface area (Å²) in [5.74, 6) is -1.44. The zero-order chi connectivity index (χ0) is 18.0. The molecular formula is C21H17NO4. The van der Waals surface area contributed by atoms with Gasteiger partial charge in [0.25, 0.3) is 0 Å². The Labute approximate surface area is 150 Å². The van der Waals surface area contributed by atoms with E-state index in [-0.39, 0.29) is 23.5 Å². The number of ketones is 1. The fourth-order valence-corrected chi connectivity index (χ4v) is 4.95. The van der Waals surface area contributed by atoms with Gasteiger partial charge in [-0.2, -0.15) is 0 Å². The Hall–Kier alpha value is -2.95. The molecule has 4 aliphatic rings. The first-order chi connectivity index (χ1) is 12.6. The molecule has 0 radical (unpaired) electrons. The highest BCUT2D eigenvalue weighted by atomic mass is 16.5. The van der Waals surface area contributed by atoms with Crippen LogP contribution in [0, 0.1) is 11.8 Å². The lowest BCUT2D eigenvalue weighted by atomic mass is 9.56. The number of rotatable bonds is 2. The van der Waals surface area contributed by atoms with Gasteiger partial charge in [0.2, 0.25) is 11.8 Å². The Morgan fingerprint density at radius 3 is 2.23 bits per heavy atom. The van der Waals surface area contributed by atoms with E-state index in [2.05, 4.69) is 0 Å². The summed E-state index contributed by atoms with van der Waals surface area (Å²) in [6, 6.07) is 14.6. The lowest BCUT2D eigenvalue weighted by molar-refractivity contribution is -0.134. The second-order valence-electron chi connectivity index (χ2n) is 7.14. The number of fused-ring (bicyclic) bond motifs is 1. The molecule has 2 bridgehead atoms. The monoisotopic (exact) mass is 347 g/mol. The molecule has 2 aromatic carbocycles.